The minimum atomic E-state index is 0.165. The summed E-state index contributed by atoms with van der Waals surface area (Å²) in [6.07, 6.45) is 2.57. The molecular weight excluding hydrogens is 162 g/mol. The molecule has 1 amide bonds. The maximum absolute atomic E-state index is 11.3. The highest BCUT2D eigenvalue weighted by Crippen LogP contribution is 2.21. The smallest absolute Gasteiger partial charge is 0.220 e. The molecule has 0 fully saturated rings. The fourth-order valence-electron chi connectivity index (χ4n) is 1.42. The lowest BCUT2D eigenvalue weighted by molar-refractivity contribution is -0.122. The molecule has 0 aliphatic heterocycles. The first-order valence-electron chi connectivity index (χ1n) is 5.21. The monoisotopic (exact) mass is 185 g/mol. The third-order valence-electron chi connectivity index (χ3n) is 2.27. The molecule has 1 N–H and O–H groups in total. The number of carbonyl (C=O) groups excluding carboxylic acids is 1. The van der Waals surface area contributed by atoms with Gasteiger partial charge in [-0.05, 0) is 18.3 Å². The predicted molar refractivity (Wildman–Crippen MR) is 56.6 cm³/mol. The van der Waals surface area contributed by atoms with Crippen LogP contribution >= 0.6 is 0 Å². The van der Waals surface area contributed by atoms with E-state index in [-0.39, 0.29) is 11.3 Å². The second kappa shape index (κ2) is 5.25. The standard InChI is InChI=1S/C11H23NO/c1-6-8-10(13)12-9(7-2)11(3,4)5/h9H,6-8H2,1-5H3,(H,12,13). The van der Waals surface area contributed by atoms with E-state index in [1.807, 2.05) is 6.92 Å². The van der Waals surface area contributed by atoms with Gasteiger partial charge >= 0.3 is 0 Å². The number of carbonyl (C=O) groups is 1. The summed E-state index contributed by atoms with van der Waals surface area (Å²) in [6.45, 7) is 10.6. The summed E-state index contributed by atoms with van der Waals surface area (Å²) < 4.78 is 0. The summed E-state index contributed by atoms with van der Waals surface area (Å²) in [5, 5.41) is 3.07. The molecule has 0 aliphatic carbocycles. The fourth-order valence-corrected chi connectivity index (χ4v) is 1.42. The van der Waals surface area contributed by atoms with Gasteiger partial charge in [-0.2, -0.15) is 0 Å². The minimum Gasteiger partial charge on any atom is -0.353 e. The summed E-state index contributed by atoms with van der Waals surface area (Å²) in [5.41, 5.74) is 0.165. The molecule has 1 atom stereocenters. The molecule has 1 unspecified atom stereocenters. The topological polar surface area (TPSA) is 29.1 Å². The van der Waals surface area contributed by atoms with Crippen molar-refractivity contribution in [2.24, 2.45) is 5.41 Å². The van der Waals surface area contributed by atoms with Crippen LogP contribution in [0.2, 0.25) is 0 Å². The van der Waals surface area contributed by atoms with Crippen LogP contribution in [-0.4, -0.2) is 11.9 Å². The van der Waals surface area contributed by atoms with Crippen molar-refractivity contribution >= 4 is 5.91 Å². The summed E-state index contributed by atoms with van der Waals surface area (Å²) in [4.78, 5) is 11.3. The number of rotatable bonds is 4. The van der Waals surface area contributed by atoms with E-state index in [2.05, 4.69) is 33.0 Å². The molecule has 0 bridgehead atoms. The highest BCUT2D eigenvalue weighted by Gasteiger charge is 2.23. The molecule has 0 aromatic carbocycles. The van der Waals surface area contributed by atoms with Crippen LogP contribution in [0.3, 0.4) is 0 Å². The van der Waals surface area contributed by atoms with Gasteiger partial charge in [-0.3, -0.25) is 4.79 Å². The lowest BCUT2D eigenvalue weighted by Gasteiger charge is -2.30. The summed E-state index contributed by atoms with van der Waals surface area (Å²) in [5.74, 6) is 0.185. The molecule has 0 radical (unpaired) electrons. The van der Waals surface area contributed by atoms with Gasteiger partial charge < -0.3 is 5.32 Å². The minimum absolute atomic E-state index is 0.165. The highest BCUT2D eigenvalue weighted by atomic mass is 16.1. The predicted octanol–water partition coefficient (Wildman–Crippen LogP) is 2.73. The van der Waals surface area contributed by atoms with Crippen molar-refractivity contribution in [2.75, 3.05) is 0 Å². The van der Waals surface area contributed by atoms with E-state index in [0.29, 0.717) is 12.5 Å². The van der Waals surface area contributed by atoms with Gasteiger partial charge in [0.1, 0.15) is 0 Å². The molecule has 78 valence electrons. The molecular formula is C11H23NO. The van der Waals surface area contributed by atoms with Crippen LogP contribution < -0.4 is 5.32 Å². The molecule has 2 heteroatoms. The highest BCUT2D eigenvalue weighted by molar-refractivity contribution is 5.76. The first-order chi connectivity index (χ1) is 5.91. The fraction of sp³-hybridized carbons (Fsp3) is 0.909. The first kappa shape index (κ1) is 12.5. The summed E-state index contributed by atoms with van der Waals surface area (Å²) in [6, 6.07) is 0.298. The van der Waals surface area contributed by atoms with Gasteiger partial charge in [0.05, 0.1) is 0 Å². The van der Waals surface area contributed by atoms with Gasteiger partial charge in [0.25, 0.3) is 0 Å². The van der Waals surface area contributed by atoms with Crippen molar-refractivity contribution in [1.82, 2.24) is 5.32 Å². The van der Waals surface area contributed by atoms with E-state index in [1.54, 1.807) is 0 Å². The lowest BCUT2D eigenvalue weighted by atomic mass is 9.85. The van der Waals surface area contributed by atoms with Crippen LogP contribution in [0.15, 0.2) is 0 Å². The van der Waals surface area contributed by atoms with Crippen molar-refractivity contribution in [3.05, 3.63) is 0 Å². The second-order valence-electron chi connectivity index (χ2n) is 4.64. The van der Waals surface area contributed by atoms with Gasteiger partial charge in [-0.15, -0.1) is 0 Å². The van der Waals surface area contributed by atoms with Crippen LogP contribution in [-0.2, 0) is 4.79 Å². The van der Waals surface area contributed by atoms with E-state index >= 15 is 0 Å². The Bertz CT molecular complexity index is 158. The van der Waals surface area contributed by atoms with E-state index < -0.39 is 0 Å². The summed E-state index contributed by atoms with van der Waals surface area (Å²) >= 11 is 0. The first-order valence-corrected chi connectivity index (χ1v) is 5.21. The molecule has 0 heterocycles. The molecule has 0 aliphatic rings. The van der Waals surface area contributed by atoms with E-state index in [0.717, 1.165) is 12.8 Å². The number of amides is 1. The number of nitrogens with one attached hydrogen (secondary N) is 1. The van der Waals surface area contributed by atoms with Crippen LogP contribution in [0.5, 0.6) is 0 Å². The Morgan fingerprint density at radius 1 is 1.31 bits per heavy atom. The largest absolute Gasteiger partial charge is 0.353 e. The third-order valence-corrected chi connectivity index (χ3v) is 2.27. The van der Waals surface area contributed by atoms with Crippen molar-refractivity contribution in [3.63, 3.8) is 0 Å². The molecule has 0 saturated heterocycles. The van der Waals surface area contributed by atoms with Crippen molar-refractivity contribution in [3.8, 4) is 0 Å². The van der Waals surface area contributed by atoms with E-state index in [9.17, 15) is 4.79 Å². The zero-order valence-corrected chi connectivity index (χ0v) is 9.61. The number of hydrogen-bond donors (Lipinski definition) is 1. The van der Waals surface area contributed by atoms with Gasteiger partial charge in [0.15, 0.2) is 0 Å². The average Bonchev–Trinajstić information content (AvgIpc) is 1.98. The Balaban J connectivity index is 4.06. The molecule has 2 nitrogen and oxygen atoms in total. The van der Waals surface area contributed by atoms with Crippen molar-refractivity contribution < 1.29 is 4.79 Å². The third kappa shape index (κ3) is 4.91. The maximum Gasteiger partial charge on any atom is 0.220 e. The Morgan fingerprint density at radius 2 is 1.85 bits per heavy atom. The van der Waals surface area contributed by atoms with Gasteiger partial charge in [0.2, 0.25) is 5.91 Å². The maximum atomic E-state index is 11.3. The van der Waals surface area contributed by atoms with Crippen LogP contribution in [0, 0.1) is 5.41 Å². The molecule has 0 rings (SSSR count). The van der Waals surface area contributed by atoms with Crippen LogP contribution in [0.25, 0.3) is 0 Å². The van der Waals surface area contributed by atoms with E-state index in [4.69, 9.17) is 0 Å². The molecule has 0 aromatic heterocycles. The Labute approximate surface area is 82.1 Å². The normalized spacial score (nSPS) is 13.9. The Morgan fingerprint density at radius 3 is 2.15 bits per heavy atom. The van der Waals surface area contributed by atoms with Gasteiger partial charge in [0, 0.05) is 12.5 Å². The molecule has 0 spiro atoms. The SMILES string of the molecule is CCCC(=O)NC(CC)C(C)(C)C. The second-order valence-corrected chi connectivity index (χ2v) is 4.64. The van der Waals surface area contributed by atoms with Crippen molar-refractivity contribution in [2.45, 2.75) is 59.9 Å². The average molecular weight is 185 g/mol. The van der Waals surface area contributed by atoms with Crippen molar-refractivity contribution in [1.29, 1.82) is 0 Å². The van der Waals surface area contributed by atoms with Crippen LogP contribution in [0.4, 0.5) is 0 Å². The molecule has 0 saturated carbocycles. The summed E-state index contributed by atoms with van der Waals surface area (Å²) in [7, 11) is 0. The van der Waals surface area contributed by atoms with Crippen LogP contribution in [0.1, 0.15) is 53.9 Å². The Kier molecular flexibility index (Phi) is 5.04. The zero-order chi connectivity index (χ0) is 10.5. The quantitative estimate of drug-likeness (QED) is 0.717. The van der Waals surface area contributed by atoms with Gasteiger partial charge in [-0.1, -0.05) is 34.6 Å². The molecule has 0 aromatic rings. The Hall–Kier alpha value is -0.530. The van der Waals surface area contributed by atoms with E-state index in [1.165, 1.54) is 0 Å². The molecule has 13 heavy (non-hydrogen) atoms. The number of hydrogen-bond acceptors (Lipinski definition) is 1. The zero-order valence-electron chi connectivity index (χ0n) is 9.61. The van der Waals surface area contributed by atoms with Gasteiger partial charge in [-0.25, -0.2) is 0 Å². The lowest BCUT2D eigenvalue weighted by Crippen LogP contribution is -2.43.